The van der Waals surface area contributed by atoms with E-state index in [0.717, 1.165) is 36.6 Å². The van der Waals surface area contributed by atoms with E-state index >= 15 is 0 Å². The standard InChI is InChI=1S/C15H22ClNO/c1-12(2)17-10-9-15(7-4-8-15)18-14-6-3-5-13(16)11-14/h3,5-6,11-12,17H,4,7-10H2,1-2H3. The van der Waals surface area contributed by atoms with Crippen molar-refractivity contribution in [2.24, 2.45) is 0 Å². The van der Waals surface area contributed by atoms with E-state index in [-0.39, 0.29) is 5.60 Å². The van der Waals surface area contributed by atoms with Gasteiger partial charge in [0, 0.05) is 11.1 Å². The molecule has 0 amide bonds. The first kappa shape index (κ1) is 13.7. The van der Waals surface area contributed by atoms with Gasteiger partial charge in [-0.1, -0.05) is 31.5 Å². The fourth-order valence-electron chi connectivity index (χ4n) is 2.34. The van der Waals surface area contributed by atoms with Crippen molar-refractivity contribution in [3.63, 3.8) is 0 Å². The van der Waals surface area contributed by atoms with Crippen LogP contribution >= 0.6 is 11.6 Å². The van der Waals surface area contributed by atoms with Crippen LogP contribution < -0.4 is 10.1 Å². The minimum Gasteiger partial charge on any atom is -0.487 e. The van der Waals surface area contributed by atoms with E-state index in [9.17, 15) is 0 Å². The maximum atomic E-state index is 6.18. The highest BCUT2D eigenvalue weighted by atomic mass is 35.5. The molecule has 1 N–H and O–H groups in total. The monoisotopic (exact) mass is 267 g/mol. The largest absolute Gasteiger partial charge is 0.487 e. The van der Waals surface area contributed by atoms with Crippen molar-refractivity contribution >= 4 is 11.6 Å². The lowest BCUT2D eigenvalue weighted by Crippen LogP contribution is -2.45. The highest BCUT2D eigenvalue weighted by Crippen LogP contribution is 2.39. The number of nitrogens with one attached hydrogen (secondary N) is 1. The molecule has 0 radical (unpaired) electrons. The third-order valence-electron chi connectivity index (χ3n) is 3.53. The number of hydrogen-bond donors (Lipinski definition) is 1. The molecule has 18 heavy (non-hydrogen) atoms. The Morgan fingerprint density at radius 2 is 2.17 bits per heavy atom. The average molecular weight is 268 g/mol. The van der Waals surface area contributed by atoms with Crippen LogP contribution in [0.25, 0.3) is 0 Å². The predicted octanol–water partition coefficient (Wildman–Crippen LogP) is 4.03. The van der Waals surface area contributed by atoms with Crippen molar-refractivity contribution in [2.75, 3.05) is 6.54 Å². The highest BCUT2D eigenvalue weighted by molar-refractivity contribution is 6.30. The zero-order valence-corrected chi connectivity index (χ0v) is 12.0. The SMILES string of the molecule is CC(C)NCCC1(Oc2cccc(Cl)c2)CCC1. The van der Waals surface area contributed by atoms with Crippen LogP contribution in [0.1, 0.15) is 39.5 Å². The highest BCUT2D eigenvalue weighted by Gasteiger charge is 2.38. The second kappa shape index (κ2) is 5.94. The number of rotatable bonds is 6. The molecule has 0 bridgehead atoms. The molecular weight excluding hydrogens is 246 g/mol. The lowest BCUT2D eigenvalue weighted by Gasteiger charge is -2.42. The summed E-state index contributed by atoms with van der Waals surface area (Å²) in [5, 5.41) is 4.20. The van der Waals surface area contributed by atoms with Crippen LogP contribution in [0, 0.1) is 0 Å². The molecule has 1 aromatic carbocycles. The van der Waals surface area contributed by atoms with E-state index in [4.69, 9.17) is 16.3 Å². The van der Waals surface area contributed by atoms with Gasteiger partial charge in [-0.15, -0.1) is 0 Å². The molecular formula is C15H22ClNO. The molecule has 2 nitrogen and oxygen atoms in total. The molecule has 100 valence electrons. The van der Waals surface area contributed by atoms with Gasteiger partial charge in [0.05, 0.1) is 0 Å². The van der Waals surface area contributed by atoms with Gasteiger partial charge in [-0.25, -0.2) is 0 Å². The van der Waals surface area contributed by atoms with E-state index in [1.807, 2.05) is 24.3 Å². The second-order valence-corrected chi connectivity index (χ2v) is 5.89. The Bertz CT molecular complexity index is 388. The Hall–Kier alpha value is -0.730. The van der Waals surface area contributed by atoms with Gasteiger partial charge in [-0.05, 0) is 50.4 Å². The lowest BCUT2D eigenvalue weighted by atomic mass is 9.77. The molecule has 1 aromatic rings. The van der Waals surface area contributed by atoms with Gasteiger partial charge in [-0.3, -0.25) is 0 Å². The van der Waals surface area contributed by atoms with E-state index in [1.54, 1.807) is 0 Å². The molecule has 0 aliphatic heterocycles. The van der Waals surface area contributed by atoms with E-state index < -0.39 is 0 Å². The minimum atomic E-state index is 0.0343. The molecule has 3 heteroatoms. The lowest BCUT2D eigenvalue weighted by molar-refractivity contribution is -0.0145. The summed E-state index contributed by atoms with van der Waals surface area (Å²) < 4.78 is 6.18. The topological polar surface area (TPSA) is 21.3 Å². The summed E-state index contributed by atoms with van der Waals surface area (Å²) in [5.41, 5.74) is 0.0343. The first-order chi connectivity index (χ1) is 8.60. The van der Waals surface area contributed by atoms with Crippen molar-refractivity contribution in [3.05, 3.63) is 29.3 Å². The summed E-state index contributed by atoms with van der Waals surface area (Å²) in [5.74, 6) is 0.895. The first-order valence-corrected chi connectivity index (χ1v) is 7.15. The van der Waals surface area contributed by atoms with Crippen LogP contribution in [0.15, 0.2) is 24.3 Å². The third kappa shape index (κ3) is 3.63. The van der Waals surface area contributed by atoms with E-state index in [0.29, 0.717) is 6.04 Å². The van der Waals surface area contributed by atoms with Gasteiger partial charge in [-0.2, -0.15) is 0 Å². The molecule has 1 aliphatic carbocycles. The average Bonchev–Trinajstić information content (AvgIpc) is 2.25. The Morgan fingerprint density at radius 3 is 2.72 bits per heavy atom. The van der Waals surface area contributed by atoms with Gasteiger partial charge in [0.25, 0.3) is 0 Å². The summed E-state index contributed by atoms with van der Waals surface area (Å²) in [6.07, 6.45) is 4.64. The molecule has 1 saturated carbocycles. The molecule has 1 aliphatic rings. The Kier molecular flexibility index (Phi) is 4.52. The smallest absolute Gasteiger partial charge is 0.121 e. The molecule has 1 fully saturated rings. The third-order valence-corrected chi connectivity index (χ3v) is 3.76. The van der Waals surface area contributed by atoms with Crippen LogP contribution in [-0.4, -0.2) is 18.2 Å². The van der Waals surface area contributed by atoms with E-state index in [1.165, 1.54) is 6.42 Å². The van der Waals surface area contributed by atoms with Crippen LogP contribution in [-0.2, 0) is 0 Å². The summed E-state index contributed by atoms with van der Waals surface area (Å²) in [6.45, 7) is 5.36. The predicted molar refractivity (Wildman–Crippen MR) is 76.4 cm³/mol. The number of ether oxygens (including phenoxy) is 1. The summed E-state index contributed by atoms with van der Waals surface area (Å²) >= 11 is 5.99. The molecule has 2 rings (SSSR count). The van der Waals surface area contributed by atoms with Gasteiger partial charge >= 0.3 is 0 Å². The first-order valence-electron chi connectivity index (χ1n) is 6.78. The quantitative estimate of drug-likeness (QED) is 0.840. The van der Waals surface area contributed by atoms with Crippen LogP contribution in [0.2, 0.25) is 5.02 Å². The van der Waals surface area contributed by atoms with Crippen molar-refractivity contribution in [3.8, 4) is 5.75 Å². The van der Waals surface area contributed by atoms with Crippen LogP contribution in [0.5, 0.6) is 5.75 Å². The van der Waals surface area contributed by atoms with E-state index in [2.05, 4.69) is 19.2 Å². The molecule has 0 saturated heterocycles. The molecule has 0 unspecified atom stereocenters. The van der Waals surface area contributed by atoms with Crippen LogP contribution in [0.4, 0.5) is 0 Å². The molecule has 0 heterocycles. The normalized spacial score (nSPS) is 17.6. The fourth-order valence-corrected chi connectivity index (χ4v) is 2.52. The zero-order valence-electron chi connectivity index (χ0n) is 11.2. The van der Waals surface area contributed by atoms with Crippen molar-refractivity contribution in [2.45, 2.75) is 51.2 Å². The van der Waals surface area contributed by atoms with Crippen molar-refractivity contribution in [1.82, 2.24) is 5.32 Å². The van der Waals surface area contributed by atoms with Crippen molar-refractivity contribution in [1.29, 1.82) is 0 Å². The number of halogens is 1. The van der Waals surface area contributed by atoms with Gasteiger partial charge in [0.1, 0.15) is 11.4 Å². The Morgan fingerprint density at radius 1 is 1.39 bits per heavy atom. The summed E-state index contributed by atoms with van der Waals surface area (Å²) in [6, 6.07) is 8.24. The Balaban J connectivity index is 1.91. The van der Waals surface area contributed by atoms with Crippen LogP contribution in [0.3, 0.4) is 0 Å². The number of hydrogen-bond acceptors (Lipinski definition) is 2. The maximum Gasteiger partial charge on any atom is 0.121 e. The van der Waals surface area contributed by atoms with Gasteiger partial charge in [0.2, 0.25) is 0 Å². The van der Waals surface area contributed by atoms with Crippen molar-refractivity contribution < 1.29 is 4.74 Å². The Labute approximate surface area is 115 Å². The van der Waals surface area contributed by atoms with Gasteiger partial charge in [0.15, 0.2) is 0 Å². The molecule has 0 aromatic heterocycles. The zero-order chi connectivity index (χ0) is 13.0. The van der Waals surface area contributed by atoms with Gasteiger partial charge < -0.3 is 10.1 Å². The molecule has 0 atom stereocenters. The summed E-state index contributed by atoms with van der Waals surface area (Å²) in [7, 11) is 0. The molecule has 0 spiro atoms. The fraction of sp³-hybridized carbons (Fsp3) is 0.600. The summed E-state index contributed by atoms with van der Waals surface area (Å²) in [4.78, 5) is 0. The number of benzene rings is 1. The maximum absolute atomic E-state index is 6.18. The second-order valence-electron chi connectivity index (χ2n) is 5.45. The minimum absolute atomic E-state index is 0.0343.